The van der Waals surface area contributed by atoms with E-state index in [1.54, 1.807) is 26.0 Å². The Labute approximate surface area is 165 Å². The Hall–Kier alpha value is -1.70. The second-order valence-electron chi connectivity index (χ2n) is 5.23. The monoisotopic (exact) mass is 417 g/mol. The van der Waals surface area contributed by atoms with E-state index >= 15 is 0 Å². The van der Waals surface area contributed by atoms with Crippen LogP contribution in [-0.2, 0) is 14.3 Å². The molecule has 26 heavy (non-hydrogen) atoms. The maximum Gasteiger partial charge on any atom is 0.329 e. The molecule has 2 amide bonds. The standard InChI is InChI=1S/C17H17Cl2NO5S/c1-4-24-14-11(18)6-10(7-12(14)19)8-13-15(21)20(17(23)26-13)9(3)16(22)25-5-2/h6-9H,4-5H2,1-3H3/b13-8-/t9-/m0/s1. The summed E-state index contributed by atoms with van der Waals surface area (Å²) in [5.74, 6) is -0.845. The number of carbonyl (C=O) groups is 3. The van der Waals surface area contributed by atoms with Gasteiger partial charge in [-0.15, -0.1) is 0 Å². The lowest BCUT2D eigenvalue weighted by molar-refractivity contribution is -0.150. The van der Waals surface area contributed by atoms with Gasteiger partial charge in [-0.2, -0.15) is 0 Å². The van der Waals surface area contributed by atoms with Gasteiger partial charge in [0.2, 0.25) is 0 Å². The summed E-state index contributed by atoms with van der Waals surface area (Å²) >= 11 is 13.0. The van der Waals surface area contributed by atoms with E-state index in [4.69, 9.17) is 32.7 Å². The Kier molecular flexibility index (Phi) is 6.97. The number of hydrogen-bond acceptors (Lipinski definition) is 6. The number of imide groups is 1. The van der Waals surface area contributed by atoms with Crippen molar-refractivity contribution in [2.45, 2.75) is 26.8 Å². The Morgan fingerprint density at radius 1 is 1.23 bits per heavy atom. The van der Waals surface area contributed by atoms with E-state index in [-0.39, 0.29) is 11.5 Å². The average molecular weight is 418 g/mol. The van der Waals surface area contributed by atoms with Gasteiger partial charge in [0.05, 0.1) is 28.2 Å². The summed E-state index contributed by atoms with van der Waals surface area (Å²) in [4.78, 5) is 37.6. The third-order valence-corrected chi connectivity index (χ3v) is 4.89. The highest BCUT2D eigenvalue weighted by Crippen LogP contribution is 2.38. The van der Waals surface area contributed by atoms with Crippen LogP contribution >= 0.6 is 35.0 Å². The second kappa shape index (κ2) is 8.79. The number of ether oxygens (including phenoxy) is 2. The molecule has 0 aromatic heterocycles. The fraction of sp³-hybridized carbons (Fsp3) is 0.353. The molecule has 0 spiro atoms. The molecule has 6 nitrogen and oxygen atoms in total. The third-order valence-electron chi connectivity index (χ3n) is 3.45. The summed E-state index contributed by atoms with van der Waals surface area (Å²) in [6, 6.07) is 2.17. The summed E-state index contributed by atoms with van der Waals surface area (Å²) in [5.41, 5.74) is 0.540. The van der Waals surface area contributed by atoms with Crippen molar-refractivity contribution in [3.05, 3.63) is 32.6 Å². The van der Waals surface area contributed by atoms with E-state index in [1.807, 2.05) is 0 Å². The quantitative estimate of drug-likeness (QED) is 0.504. The van der Waals surface area contributed by atoms with Crippen molar-refractivity contribution in [1.82, 2.24) is 4.90 Å². The van der Waals surface area contributed by atoms with Gasteiger partial charge < -0.3 is 9.47 Å². The van der Waals surface area contributed by atoms with Crippen LogP contribution in [0.25, 0.3) is 6.08 Å². The van der Waals surface area contributed by atoms with Gasteiger partial charge in [0.1, 0.15) is 6.04 Å². The number of hydrogen-bond donors (Lipinski definition) is 0. The van der Waals surface area contributed by atoms with Crippen LogP contribution in [0.3, 0.4) is 0 Å². The number of rotatable bonds is 6. The van der Waals surface area contributed by atoms with Gasteiger partial charge in [-0.1, -0.05) is 23.2 Å². The van der Waals surface area contributed by atoms with Crippen LogP contribution in [0.4, 0.5) is 4.79 Å². The van der Waals surface area contributed by atoms with Crippen LogP contribution < -0.4 is 4.74 Å². The molecule has 2 rings (SSSR count). The van der Waals surface area contributed by atoms with Gasteiger partial charge in [-0.05, 0) is 56.3 Å². The van der Waals surface area contributed by atoms with Crippen LogP contribution in [0.2, 0.25) is 10.0 Å². The number of carbonyl (C=O) groups excluding carboxylic acids is 3. The topological polar surface area (TPSA) is 72.9 Å². The predicted octanol–water partition coefficient (Wildman–Crippen LogP) is 4.38. The molecule has 9 heteroatoms. The van der Waals surface area contributed by atoms with Crippen molar-refractivity contribution >= 4 is 58.2 Å². The minimum absolute atomic E-state index is 0.165. The first-order valence-corrected chi connectivity index (χ1v) is 9.42. The molecule has 1 fully saturated rings. The molecule has 0 bridgehead atoms. The molecule has 0 unspecified atom stereocenters. The van der Waals surface area contributed by atoms with E-state index in [9.17, 15) is 14.4 Å². The first-order chi connectivity index (χ1) is 12.3. The molecule has 1 saturated heterocycles. The van der Waals surface area contributed by atoms with E-state index < -0.39 is 23.2 Å². The molecule has 1 heterocycles. The molecule has 0 radical (unpaired) electrons. The van der Waals surface area contributed by atoms with Crippen molar-refractivity contribution in [3.8, 4) is 5.75 Å². The summed E-state index contributed by atoms with van der Waals surface area (Å²) < 4.78 is 10.2. The molecule has 1 aromatic carbocycles. The van der Waals surface area contributed by atoms with Crippen molar-refractivity contribution in [3.63, 3.8) is 0 Å². The van der Waals surface area contributed by atoms with Gasteiger partial charge in [0, 0.05) is 0 Å². The highest BCUT2D eigenvalue weighted by Gasteiger charge is 2.41. The summed E-state index contributed by atoms with van der Waals surface area (Å²) in [6.45, 7) is 5.47. The van der Waals surface area contributed by atoms with E-state index in [0.717, 1.165) is 16.7 Å². The minimum atomic E-state index is -0.999. The van der Waals surface area contributed by atoms with E-state index in [2.05, 4.69) is 0 Å². The second-order valence-corrected chi connectivity index (χ2v) is 7.03. The van der Waals surface area contributed by atoms with Crippen molar-refractivity contribution in [2.24, 2.45) is 0 Å². The van der Waals surface area contributed by atoms with E-state index in [1.165, 1.54) is 13.0 Å². The van der Waals surface area contributed by atoms with Crippen LogP contribution in [0, 0.1) is 0 Å². The maximum atomic E-state index is 12.5. The van der Waals surface area contributed by atoms with Gasteiger partial charge in [-0.25, -0.2) is 4.79 Å². The fourth-order valence-electron chi connectivity index (χ4n) is 2.28. The smallest absolute Gasteiger partial charge is 0.329 e. The molecule has 1 aliphatic heterocycles. The predicted molar refractivity (Wildman–Crippen MR) is 102 cm³/mol. The number of benzene rings is 1. The average Bonchev–Trinajstić information content (AvgIpc) is 2.84. The first-order valence-electron chi connectivity index (χ1n) is 7.85. The van der Waals surface area contributed by atoms with Crippen LogP contribution in [0.15, 0.2) is 17.0 Å². The highest BCUT2D eigenvalue weighted by molar-refractivity contribution is 8.18. The minimum Gasteiger partial charge on any atom is -0.491 e. The number of nitrogens with zero attached hydrogens (tertiary/aromatic N) is 1. The van der Waals surface area contributed by atoms with Crippen molar-refractivity contribution in [2.75, 3.05) is 13.2 Å². The maximum absolute atomic E-state index is 12.5. The lowest BCUT2D eigenvalue weighted by Gasteiger charge is -2.19. The van der Waals surface area contributed by atoms with Crippen LogP contribution in [0.5, 0.6) is 5.75 Å². The summed E-state index contributed by atoms with van der Waals surface area (Å²) in [7, 11) is 0. The SMILES string of the molecule is CCOC(=O)[C@H](C)N1C(=O)S/C(=C\c2cc(Cl)c(OCC)c(Cl)c2)C1=O. The zero-order valence-corrected chi connectivity index (χ0v) is 16.7. The van der Waals surface area contributed by atoms with Gasteiger partial charge in [0.25, 0.3) is 11.1 Å². The number of amides is 2. The zero-order chi connectivity index (χ0) is 19.4. The van der Waals surface area contributed by atoms with Gasteiger partial charge in [0.15, 0.2) is 5.75 Å². The van der Waals surface area contributed by atoms with E-state index in [0.29, 0.717) is 28.0 Å². The molecular formula is C17H17Cl2NO5S. The Balaban J connectivity index is 2.29. The lowest BCUT2D eigenvalue weighted by atomic mass is 10.2. The highest BCUT2D eigenvalue weighted by atomic mass is 35.5. The molecule has 140 valence electrons. The van der Waals surface area contributed by atoms with Crippen molar-refractivity contribution < 1.29 is 23.9 Å². The summed E-state index contributed by atoms with van der Waals surface area (Å²) in [6.07, 6.45) is 1.50. The Bertz CT molecular complexity index is 757. The molecule has 0 aliphatic carbocycles. The number of halogens is 2. The molecule has 0 N–H and O–H groups in total. The van der Waals surface area contributed by atoms with Gasteiger partial charge in [-0.3, -0.25) is 14.5 Å². The largest absolute Gasteiger partial charge is 0.491 e. The Morgan fingerprint density at radius 3 is 2.38 bits per heavy atom. The van der Waals surface area contributed by atoms with Crippen LogP contribution in [-0.4, -0.2) is 41.3 Å². The molecule has 1 aromatic rings. The number of thioether (sulfide) groups is 1. The molecule has 1 aliphatic rings. The summed E-state index contributed by atoms with van der Waals surface area (Å²) in [5, 5.41) is 0.0550. The molecule has 1 atom stereocenters. The van der Waals surface area contributed by atoms with Crippen LogP contribution in [0.1, 0.15) is 26.3 Å². The third kappa shape index (κ3) is 4.34. The Morgan fingerprint density at radius 2 is 1.85 bits per heavy atom. The van der Waals surface area contributed by atoms with Gasteiger partial charge >= 0.3 is 5.97 Å². The molecular weight excluding hydrogens is 401 g/mol. The number of esters is 1. The van der Waals surface area contributed by atoms with Crippen molar-refractivity contribution in [1.29, 1.82) is 0 Å². The zero-order valence-electron chi connectivity index (χ0n) is 14.4. The first kappa shape index (κ1) is 20.6. The molecule has 0 saturated carbocycles. The lowest BCUT2D eigenvalue weighted by Crippen LogP contribution is -2.42. The normalized spacial score (nSPS) is 17.0. The fourth-order valence-corrected chi connectivity index (χ4v) is 3.80.